The second-order valence-corrected chi connectivity index (χ2v) is 5.83. The first-order valence-corrected chi connectivity index (χ1v) is 7.68. The molecule has 0 bridgehead atoms. The summed E-state index contributed by atoms with van der Waals surface area (Å²) in [5, 5.41) is 0. The first kappa shape index (κ1) is 15.8. The zero-order valence-corrected chi connectivity index (χ0v) is 12.8. The number of halogens is 3. The minimum atomic E-state index is -4.32. The highest BCUT2D eigenvalue weighted by Crippen LogP contribution is 2.36. The standard InChI is InChI=1S/C17H18F3N3/c1-12-8-9-21-16(22-12)23-10-3-2-7-15(23)13-5-4-6-14(11-13)17(18,19)20/h4-6,8-9,11,15H,2-3,7,10H2,1H3. The average molecular weight is 321 g/mol. The van der Waals surface area contributed by atoms with Crippen LogP contribution in [0.1, 0.15) is 42.1 Å². The number of alkyl halides is 3. The molecule has 0 radical (unpaired) electrons. The molecule has 3 rings (SSSR count). The van der Waals surface area contributed by atoms with Gasteiger partial charge >= 0.3 is 6.18 Å². The van der Waals surface area contributed by atoms with Gasteiger partial charge in [-0.05, 0) is 49.9 Å². The summed E-state index contributed by atoms with van der Waals surface area (Å²) < 4.78 is 38.9. The zero-order chi connectivity index (χ0) is 16.4. The molecular formula is C17H18F3N3. The quantitative estimate of drug-likeness (QED) is 0.813. The van der Waals surface area contributed by atoms with Gasteiger partial charge in [-0.1, -0.05) is 12.1 Å². The minimum absolute atomic E-state index is 0.118. The van der Waals surface area contributed by atoms with Crippen molar-refractivity contribution in [3.05, 3.63) is 53.3 Å². The Kier molecular flexibility index (Phi) is 4.24. The Labute approximate surface area is 133 Å². The lowest BCUT2D eigenvalue weighted by Crippen LogP contribution is -2.34. The number of piperidine rings is 1. The molecule has 1 saturated heterocycles. The molecule has 1 aliphatic heterocycles. The zero-order valence-electron chi connectivity index (χ0n) is 12.8. The lowest BCUT2D eigenvalue weighted by molar-refractivity contribution is -0.137. The molecule has 3 nitrogen and oxygen atoms in total. The molecule has 1 fully saturated rings. The Balaban J connectivity index is 1.96. The third-order valence-electron chi connectivity index (χ3n) is 4.14. The summed E-state index contributed by atoms with van der Waals surface area (Å²) in [5.41, 5.74) is 0.915. The highest BCUT2D eigenvalue weighted by atomic mass is 19.4. The summed E-state index contributed by atoms with van der Waals surface area (Å²) in [4.78, 5) is 10.8. The second kappa shape index (κ2) is 6.18. The van der Waals surface area contributed by atoms with E-state index in [4.69, 9.17) is 0 Å². The first-order valence-electron chi connectivity index (χ1n) is 7.68. The van der Waals surface area contributed by atoms with E-state index in [1.54, 1.807) is 12.3 Å². The van der Waals surface area contributed by atoms with Crippen LogP contribution in [0, 0.1) is 6.92 Å². The molecule has 1 unspecified atom stereocenters. The van der Waals surface area contributed by atoms with Crippen LogP contribution in [0.3, 0.4) is 0 Å². The maximum Gasteiger partial charge on any atom is 0.416 e. The average Bonchev–Trinajstić information content (AvgIpc) is 2.54. The van der Waals surface area contributed by atoms with Crippen LogP contribution in [0.5, 0.6) is 0 Å². The predicted molar refractivity (Wildman–Crippen MR) is 82.2 cm³/mol. The Morgan fingerprint density at radius 1 is 1.17 bits per heavy atom. The highest BCUT2D eigenvalue weighted by Gasteiger charge is 2.32. The van der Waals surface area contributed by atoms with Gasteiger partial charge in [-0.2, -0.15) is 13.2 Å². The van der Waals surface area contributed by atoms with Crippen molar-refractivity contribution in [1.82, 2.24) is 9.97 Å². The Morgan fingerprint density at radius 3 is 2.74 bits per heavy atom. The molecule has 0 spiro atoms. The van der Waals surface area contributed by atoms with Crippen LogP contribution in [0.15, 0.2) is 36.5 Å². The molecule has 122 valence electrons. The van der Waals surface area contributed by atoms with Gasteiger partial charge < -0.3 is 4.90 Å². The number of rotatable bonds is 2. The van der Waals surface area contributed by atoms with E-state index in [2.05, 4.69) is 9.97 Å². The van der Waals surface area contributed by atoms with Gasteiger partial charge in [0.1, 0.15) is 0 Å². The number of hydrogen-bond donors (Lipinski definition) is 0. The van der Waals surface area contributed by atoms with Gasteiger partial charge in [0, 0.05) is 18.4 Å². The molecule has 0 saturated carbocycles. The van der Waals surface area contributed by atoms with Crippen molar-refractivity contribution < 1.29 is 13.2 Å². The third kappa shape index (κ3) is 3.46. The highest BCUT2D eigenvalue weighted by molar-refractivity contribution is 5.39. The molecule has 23 heavy (non-hydrogen) atoms. The Hall–Kier alpha value is -2.11. The normalized spacial score (nSPS) is 19.0. The van der Waals surface area contributed by atoms with Crippen molar-refractivity contribution in [1.29, 1.82) is 0 Å². The third-order valence-corrected chi connectivity index (χ3v) is 4.14. The lowest BCUT2D eigenvalue weighted by atomic mass is 9.94. The van der Waals surface area contributed by atoms with E-state index >= 15 is 0 Å². The maximum absolute atomic E-state index is 13.0. The number of hydrogen-bond acceptors (Lipinski definition) is 3. The molecule has 6 heteroatoms. The van der Waals surface area contributed by atoms with Crippen LogP contribution in [0.25, 0.3) is 0 Å². The summed E-state index contributed by atoms with van der Waals surface area (Å²) in [6.07, 6.45) is 0.152. The smallest absolute Gasteiger partial charge is 0.334 e. The maximum atomic E-state index is 13.0. The van der Waals surface area contributed by atoms with E-state index < -0.39 is 11.7 Å². The van der Waals surface area contributed by atoms with E-state index in [1.165, 1.54) is 12.1 Å². The van der Waals surface area contributed by atoms with Gasteiger partial charge in [0.15, 0.2) is 0 Å². The fraction of sp³-hybridized carbons (Fsp3) is 0.412. The number of anilines is 1. The summed E-state index contributed by atoms with van der Waals surface area (Å²) in [6.45, 7) is 2.64. The lowest BCUT2D eigenvalue weighted by Gasteiger charge is -2.36. The predicted octanol–water partition coefficient (Wildman–Crippen LogP) is 4.54. The number of aromatic nitrogens is 2. The van der Waals surface area contributed by atoms with Crippen molar-refractivity contribution >= 4 is 5.95 Å². The van der Waals surface area contributed by atoms with Gasteiger partial charge in [0.05, 0.1) is 11.6 Å². The van der Waals surface area contributed by atoms with E-state index in [0.717, 1.165) is 37.6 Å². The second-order valence-electron chi connectivity index (χ2n) is 5.83. The van der Waals surface area contributed by atoms with Crippen molar-refractivity contribution in [2.24, 2.45) is 0 Å². The molecule has 1 aromatic carbocycles. The summed E-state index contributed by atoms with van der Waals surface area (Å²) >= 11 is 0. The summed E-state index contributed by atoms with van der Waals surface area (Å²) in [6, 6.07) is 7.29. The topological polar surface area (TPSA) is 29.0 Å². The number of nitrogens with zero attached hydrogens (tertiary/aromatic N) is 3. The molecule has 1 atom stereocenters. The van der Waals surface area contributed by atoms with Crippen molar-refractivity contribution in [3.63, 3.8) is 0 Å². The molecule has 0 aliphatic carbocycles. The van der Waals surface area contributed by atoms with Crippen LogP contribution in [0.4, 0.5) is 19.1 Å². The van der Waals surface area contributed by atoms with E-state index in [0.29, 0.717) is 11.5 Å². The molecule has 2 aromatic rings. The molecule has 2 heterocycles. The van der Waals surface area contributed by atoms with Crippen LogP contribution < -0.4 is 4.90 Å². The van der Waals surface area contributed by atoms with Gasteiger partial charge in [0.25, 0.3) is 0 Å². The van der Waals surface area contributed by atoms with E-state index in [9.17, 15) is 13.2 Å². The van der Waals surface area contributed by atoms with Crippen LogP contribution in [-0.4, -0.2) is 16.5 Å². The van der Waals surface area contributed by atoms with Crippen LogP contribution in [0.2, 0.25) is 0 Å². The number of aryl methyl sites for hydroxylation is 1. The van der Waals surface area contributed by atoms with Gasteiger partial charge in [-0.25, -0.2) is 9.97 Å². The fourth-order valence-corrected chi connectivity index (χ4v) is 3.01. The molecule has 0 amide bonds. The van der Waals surface area contributed by atoms with Gasteiger partial charge in [-0.3, -0.25) is 0 Å². The van der Waals surface area contributed by atoms with Crippen molar-refractivity contribution in [2.75, 3.05) is 11.4 Å². The van der Waals surface area contributed by atoms with Gasteiger partial charge in [-0.15, -0.1) is 0 Å². The molecular weight excluding hydrogens is 303 g/mol. The minimum Gasteiger partial charge on any atom is -0.334 e. The molecule has 1 aliphatic rings. The summed E-state index contributed by atoms with van der Waals surface area (Å²) in [7, 11) is 0. The van der Waals surface area contributed by atoms with Crippen LogP contribution in [-0.2, 0) is 6.18 Å². The van der Waals surface area contributed by atoms with E-state index in [1.807, 2.05) is 17.9 Å². The molecule has 1 aromatic heterocycles. The first-order chi connectivity index (χ1) is 10.9. The number of benzene rings is 1. The van der Waals surface area contributed by atoms with Crippen molar-refractivity contribution in [2.45, 2.75) is 38.4 Å². The monoisotopic (exact) mass is 321 g/mol. The van der Waals surface area contributed by atoms with Crippen LogP contribution >= 0.6 is 0 Å². The summed E-state index contributed by atoms with van der Waals surface area (Å²) in [5.74, 6) is 0.590. The van der Waals surface area contributed by atoms with Gasteiger partial charge in [0.2, 0.25) is 5.95 Å². The van der Waals surface area contributed by atoms with E-state index in [-0.39, 0.29) is 6.04 Å². The Bertz CT molecular complexity index is 685. The Morgan fingerprint density at radius 2 is 2.00 bits per heavy atom. The SMILES string of the molecule is Cc1ccnc(N2CCCCC2c2cccc(C(F)(F)F)c2)n1. The van der Waals surface area contributed by atoms with Crippen molar-refractivity contribution in [3.8, 4) is 0 Å². The molecule has 0 N–H and O–H groups in total. The fourth-order valence-electron chi connectivity index (χ4n) is 3.01. The largest absolute Gasteiger partial charge is 0.416 e.